The van der Waals surface area contributed by atoms with Crippen LogP contribution in [0.3, 0.4) is 0 Å². The molecule has 0 spiro atoms. The summed E-state index contributed by atoms with van der Waals surface area (Å²) in [6.07, 6.45) is 0. The Bertz CT molecular complexity index is 262. The van der Waals surface area contributed by atoms with Crippen LogP contribution in [-0.4, -0.2) is 68.1 Å². The van der Waals surface area contributed by atoms with Gasteiger partial charge in [-0.2, -0.15) is 0 Å². The Morgan fingerprint density at radius 1 is 1.21 bits per heavy atom. The van der Waals surface area contributed by atoms with E-state index < -0.39 is 0 Å². The molecule has 1 aliphatic rings. The van der Waals surface area contributed by atoms with E-state index in [1.165, 1.54) is 0 Å². The van der Waals surface area contributed by atoms with E-state index in [2.05, 4.69) is 47.9 Å². The highest BCUT2D eigenvalue weighted by Gasteiger charge is 2.18. The van der Waals surface area contributed by atoms with Crippen molar-refractivity contribution in [2.75, 3.05) is 46.3 Å². The van der Waals surface area contributed by atoms with Gasteiger partial charge in [-0.1, -0.05) is 13.8 Å². The number of nitrogens with zero attached hydrogens (tertiary/aromatic N) is 3. The third kappa shape index (κ3) is 7.94. The maximum absolute atomic E-state index is 5.83. The van der Waals surface area contributed by atoms with Crippen LogP contribution in [0.5, 0.6) is 0 Å². The Kier molecular flexibility index (Phi) is 9.72. The lowest BCUT2D eigenvalue weighted by Gasteiger charge is -2.36. The Morgan fingerprint density at radius 3 is 2.32 bits per heavy atom. The molecule has 114 valence electrons. The molecular formula is C13H30IN5. The zero-order chi connectivity index (χ0) is 13.5. The minimum absolute atomic E-state index is 0. The summed E-state index contributed by atoms with van der Waals surface area (Å²) in [5, 5.41) is 3.22. The Labute approximate surface area is 135 Å². The second kappa shape index (κ2) is 9.77. The van der Waals surface area contributed by atoms with Gasteiger partial charge >= 0.3 is 0 Å². The van der Waals surface area contributed by atoms with Crippen LogP contribution in [0.2, 0.25) is 0 Å². The molecule has 1 fully saturated rings. The topological polar surface area (TPSA) is 56.9 Å². The minimum Gasteiger partial charge on any atom is -0.370 e. The molecule has 6 heteroatoms. The average molecular weight is 383 g/mol. The second-order valence-electron chi connectivity index (χ2n) is 5.69. The van der Waals surface area contributed by atoms with Crippen molar-refractivity contribution in [1.82, 2.24) is 15.1 Å². The number of guanidine groups is 1. The first-order valence-corrected chi connectivity index (χ1v) is 6.95. The summed E-state index contributed by atoms with van der Waals surface area (Å²) < 4.78 is 0. The Morgan fingerprint density at radius 2 is 1.79 bits per heavy atom. The van der Waals surface area contributed by atoms with Gasteiger partial charge in [0.05, 0.1) is 0 Å². The van der Waals surface area contributed by atoms with Gasteiger partial charge < -0.3 is 16.0 Å². The molecule has 1 unspecified atom stereocenters. The van der Waals surface area contributed by atoms with Gasteiger partial charge in [-0.15, -0.1) is 24.0 Å². The van der Waals surface area contributed by atoms with Crippen LogP contribution in [0.4, 0.5) is 0 Å². The monoisotopic (exact) mass is 383 g/mol. The van der Waals surface area contributed by atoms with Gasteiger partial charge in [-0.05, 0) is 19.9 Å². The van der Waals surface area contributed by atoms with Gasteiger partial charge in [-0.3, -0.25) is 9.89 Å². The normalized spacial score (nSPS) is 20.2. The van der Waals surface area contributed by atoms with Crippen molar-refractivity contribution in [2.45, 2.75) is 26.8 Å². The van der Waals surface area contributed by atoms with E-state index in [9.17, 15) is 0 Å². The molecule has 1 atom stereocenters. The predicted octanol–water partition coefficient (Wildman–Crippen LogP) is 0.801. The maximum Gasteiger partial charge on any atom is 0.188 e. The SMILES string of the molecule is CC(C)CN=C(N)NCC(C)N1CCN(C)CC1.I. The van der Waals surface area contributed by atoms with Gasteiger partial charge in [-0.25, -0.2) is 0 Å². The summed E-state index contributed by atoms with van der Waals surface area (Å²) in [5.74, 6) is 1.13. The van der Waals surface area contributed by atoms with Crippen molar-refractivity contribution in [3.8, 4) is 0 Å². The van der Waals surface area contributed by atoms with Crippen molar-refractivity contribution in [2.24, 2.45) is 16.6 Å². The first-order valence-electron chi connectivity index (χ1n) is 6.95. The fraction of sp³-hybridized carbons (Fsp3) is 0.923. The standard InChI is InChI=1S/C13H29N5.HI/c1-11(2)9-15-13(14)16-10-12(3)18-7-5-17(4)6-8-18;/h11-12H,5-10H2,1-4H3,(H3,14,15,16);1H. The number of aliphatic imine (C=N–C) groups is 1. The molecule has 0 aromatic carbocycles. The molecule has 0 radical (unpaired) electrons. The summed E-state index contributed by atoms with van der Waals surface area (Å²) in [4.78, 5) is 9.18. The molecule has 0 saturated carbocycles. The summed E-state index contributed by atoms with van der Waals surface area (Å²) in [7, 11) is 2.18. The van der Waals surface area contributed by atoms with Gasteiger partial charge in [0.15, 0.2) is 5.96 Å². The molecule has 1 heterocycles. The Balaban J connectivity index is 0.00000324. The molecular weight excluding hydrogens is 353 g/mol. The first-order chi connectivity index (χ1) is 8.49. The summed E-state index contributed by atoms with van der Waals surface area (Å²) >= 11 is 0. The number of nitrogens with two attached hydrogens (primary N) is 1. The molecule has 1 aliphatic heterocycles. The lowest BCUT2D eigenvalue weighted by atomic mass is 10.2. The fourth-order valence-electron chi connectivity index (χ4n) is 1.98. The maximum atomic E-state index is 5.83. The molecule has 0 aromatic rings. The van der Waals surface area contributed by atoms with Crippen LogP contribution in [-0.2, 0) is 0 Å². The van der Waals surface area contributed by atoms with Gasteiger partial charge in [0.2, 0.25) is 0 Å². The van der Waals surface area contributed by atoms with E-state index in [1.807, 2.05) is 0 Å². The molecule has 0 amide bonds. The van der Waals surface area contributed by atoms with Gasteiger partial charge in [0, 0.05) is 45.3 Å². The number of hydrogen-bond donors (Lipinski definition) is 2. The zero-order valence-corrected chi connectivity index (χ0v) is 15.1. The van der Waals surface area contributed by atoms with Crippen LogP contribution in [0.15, 0.2) is 4.99 Å². The van der Waals surface area contributed by atoms with E-state index in [-0.39, 0.29) is 24.0 Å². The van der Waals surface area contributed by atoms with Crippen molar-refractivity contribution >= 4 is 29.9 Å². The summed E-state index contributed by atoms with van der Waals surface area (Å²) in [6.45, 7) is 12.8. The average Bonchev–Trinajstić information content (AvgIpc) is 2.34. The van der Waals surface area contributed by atoms with E-state index in [0.29, 0.717) is 17.9 Å². The second-order valence-corrected chi connectivity index (χ2v) is 5.69. The summed E-state index contributed by atoms with van der Waals surface area (Å²) in [6, 6.07) is 0.506. The van der Waals surface area contributed by atoms with Crippen molar-refractivity contribution < 1.29 is 0 Å². The van der Waals surface area contributed by atoms with E-state index in [1.54, 1.807) is 0 Å². The molecule has 1 saturated heterocycles. The highest BCUT2D eigenvalue weighted by atomic mass is 127. The van der Waals surface area contributed by atoms with Crippen LogP contribution in [0, 0.1) is 5.92 Å². The van der Waals surface area contributed by atoms with E-state index in [0.717, 1.165) is 39.3 Å². The molecule has 5 nitrogen and oxygen atoms in total. The van der Waals surface area contributed by atoms with Crippen LogP contribution in [0.25, 0.3) is 0 Å². The molecule has 0 aliphatic carbocycles. The number of piperazine rings is 1. The summed E-state index contributed by atoms with van der Waals surface area (Å²) in [5.41, 5.74) is 5.83. The Hall–Kier alpha value is -0.0800. The van der Waals surface area contributed by atoms with Gasteiger partial charge in [0.25, 0.3) is 0 Å². The fourth-order valence-corrected chi connectivity index (χ4v) is 1.98. The minimum atomic E-state index is 0. The smallest absolute Gasteiger partial charge is 0.188 e. The van der Waals surface area contributed by atoms with Gasteiger partial charge in [0.1, 0.15) is 0 Å². The lowest BCUT2D eigenvalue weighted by molar-refractivity contribution is 0.120. The number of rotatable bonds is 5. The molecule has 0 aromatic heterocycles. The largest absolute Gasteiger partial charge is 0.370 e. The molecule has 19 heavy (non-hydrogen) atoms. The van der Waals surface area contributed by atoms with Crippen molar-refractivity contribution in [3.05, 3.63) is 0 Å². The third-order valence-corrected chi connectivity index (χ3v) is 3.37. The quantitative estimate of drug-likeness (QED) is 0.419. The van der Waals surface area contributed by atoms with E-state index >= 15 is 0 Å². The predicted molar refractivity (Wildman–Crippen MR) is 93.3 cm³/mol. The molecule has 1 rings (SSSR count). The highest BCUT2D eigenvalue weighted by molar-refractivity contribution is 14.0. The lowest BCUT2D eigenvalue weighted by Crippen LogP contribution is -2.51. The number of nitrogens with one attached hydrogen (secondary N) is 1. The number of halogens is 1. The first kappa shape index (κ1) is 18.9. The van der Waals surface area contributed by atoms with Crippen LogP contribution in [0.1, 0.15) is 20.8 Å². The van der Waals surface area contributed by atoms with Crippen molar-refractivity contribution in [1.29, 1.82) is 0 Å². The zero-order valence-electron chi connectivity index (χ0n) is 12.7. The van der Waals surface area contributed by atoms with Crippen LogP contribution < -0.4 is 11.1 Å². The molecule has 3 N–H and O–H groups in total. The number of hydrogen-bond acceptors (Lipinski definition) is 3. The highest BCUT2D eigenvalue weighted by Crippen LogP contribution is 2.03. The molecule has 0 bridgehead atoms. The van der Waals surface area contributed by atoms with Crippen molar-refractivity contribution in [3.63, 3.8) is 0 Å². The van der Waals surface area contributed by atoms with Crippen LogP contribution >= 0.6 is 24.0 Å². The third-order valence-electron chi connectivity index (χ3n) is 3.37. The van der Waals surface area contributed by atoms with E-state index in [4.69, 9.17) is 5.73 Å². The number of likely N-dealkylation sites (N-methyl/N-ethyl adjacent to an activating group) is 1.